The van der Waals surface area contributed by atoms with Crippen LogP contribution >= 0.6 is 0 Å². The molecule has 5 aromatic rings. The van der Waals surface area contributed by atoms with Crippen LogP contribution < -0.4 is 4.90 Å². The van der Waals surface area contributed by atoms with E-state index in [1.807, 2.05) is 66.5 Å². The monoisotopic (exact) mass is 433 g/mol. The molecule has 33 heavy (non-hydrogen) atoms. The lowest BCUT2D eigenvalue weighted by Crippen LogP contribution is -2.14. The summed E-state index contributed by atoms with van der Waals surface area (Å²) in [5.41, 5.74) is 4.42. The zero-order valence-electron chi connectivity index (χ0n) is 18.4. The Morgan fingerprint density at radius 2 is 1.67 bits per heavy atom. The van der Waals surface area contributed by atoms with Crippen molar-refractivity contribution in [3.05, 3.63) is 97.0 Å². The summed E-state index contributed by atoms with van der Waals surface area (Å²) < 4.78 is 0. The molecule has 1 unspecified atom stereocenters. The largest absolute Gasteiger partial charge is 0.389 e. The number of pyridine rings is 2. The van der Waals surface area contributed by atoms with Gasteiger partial charge in [-0.15, -0.1) is 0 Å². The standard InChI is InChI=1S/C27H23N5O/c1-18(33)20-15-21(17-28-16-20)26-30-23-12-8-11-22(19-9-4-3-5-10-19)25(23)27(31-26)32(2)24-13-6-7-14-29-24/h3-18,33H,1-2H3. The highest BCUT2D eigenvalue weighted by Gasteiger charge is 2.19. The second-order valence-electron chi connectivity index (χ2n) is 7.87. The van der Waals surface area contributed by atoms with Gasteiger partial charge in [0, 0.05) is 31.2 Å². The summed E-state index contributed by atoms with van der Waals surface area (Å²) in [6.45, 7) is 1.72. The molecule has 0 saturated heterocycles. The SMILES string of the molecule is CC(O)c1cncc(-c2nc(N(C)c3ccccn3)c3c(-c4ccccc4)cccc3n2)c1. The van der Waals surface area contributed by atoms with E-state index >= 15 is 0 Å². The van der Waals surface area contributed by atoms with E-state index in [-0.39, 0.29) is 0 Å². The minimum Gasteiger partial charge on any atom is -0.389 e. The van der Waals surface area contributed by atoms with Crippen molar-refractivity contribution >= 4 is 22.5 Å². The van der Waals surface area contributed by atoms with E-state index in [0.717, 1.165) is 39.2 Å². The molecule has 2 aromatic carbocycles. The Balaban J connectivity index is 1.79. The highest BCUT2D eigenvalue weighted by atomic mass is 16.3. The number of nitrogens with zero attached hydrogens (tertiary/aromatic N) is 5. The summed E-state index contributed by atoms with van der Waals surface area (Å²) in [7, 11) is 1.96. The smallest absolute Gasteiger partial charge is 0.163 e. The van der Waals surface area contributed by atoms with Gasteiger partial charge in [-0.25, -0.2) is 15.0 Å². The first-order valence-corrected chi connectivity index (χ1v) is 10.8. The average molecular weight is 434 g/mol. The fourth-order valence-corrected chi connectivity index (χ4v) is 3.86. The van der Waals surface area contributed by atoms with E-state index in [0.29, 0.717) is 11.4 Å². The molecule has 0 spiro atoms. The molecule has 0 aliphatic heterocycles. The molecule has 6 heteroatoms. The molecular formula is C27H23N5O. The predicted octanol–water partition coefficient (Wildman–Crippen LogP) is 5.58. The van der Waals surface area contributed by atoms with E-state index in [1.165, 1.54) is 0 Å². The summed E-state index contributed by atoms with van der Waals surface area (Å²) >= 11 is 0. The van der Waals surface area contributed by atoms with Crippen LogP contribution in [-0.2, 0) is 0 Å². The summed E-state index contributed by atoms with van der Waals surface area (Å²) in [6.07, 6.45) is 4.52. The van der Waals surface area contributed by atoms with Crippen molar-refractivity contribution in [3.8, 4) is 22.5 Å². The van der Waals surface area contributed by atoms with Gasteiger partial charge in [-0.05, 0) is 47.9 Å². The molecule has 0 aliphatic carbocycles. The van der Waals surface area contributed by atoms with Crippen molar-refractivity contribution in [3.63, 3.8) is 0 Å². The molecule has 5 rings (SSSR count). The molecule has 1 N–H and O–H groups in total. The van der Waals surface area contributed by atoms with E-state index < -0.39 is 6.10 Å². The molecule has 0 amide bonds. The van der Waals surface area contributed by atoms with Crippen molar-refractivity contribution in [1.82, 2.24) is 19.9 Å². The van der Waals surface area contributed by atoms with Crippen molar-refractivity contribution in [2.24, 2.45) is 0 Å². The number of benzene rings is 2. The Kier molecular flexibility index (Phi) is 5.50. The molecule has 0 aliphatic rings. The van der Waals surface area contributed by atoms with Crippen LogP contribution in [0.3, 0.4) is 0 Å². The van der Waals surface area contributed by atoms with Crippen LogP contribution in [0, 0.1) is 0 Å². The zero-order valence-corrected chi connectivity index (χ0v) is 18.4. The number of aliphatic hydroxyl groups excluding tert-OH is 1. The van der Waals surface area contributed by atoms with Crippen LogP contribution in [0.4, 0.5) is 11.6 Å². The van der Waals surface area contributed by atoms with Gasteiger partial charge in [0.1, 0.15) is 11.6 Å². The summed E-state index contributed by atoms with van der Waals surface area (Å²) in [5, 5.41) is 11.0. The third kappa shape index (κ3) is 4.04. The maximum absolute atomic E-state index is 10.0. The third-order valence-electron chi connectivity index (χ3n) is 5.60. The van der Waals surface area contributed by atoms with Crippen LogP contribution in [0.5, 0.6) is 0 Å². The number of aromatic nitrogens is 4. The molecule has 3 heterocycles. The van der Waals surface area contributed by atoms with Crippen LogP contribution in [0.2, 0.25) is 0 Å². The molecule has 0 fully saturated rings. The highest BCUT2D eigenvalue weighted by Crippen LogP contribution is 2.37. The molecule has 162 valence electrons. The highest BCUT2D eigenvalue weighted by molar-refractivity contribution is 6.03. The normalized spacial score (nSPS) is 12.0. The van der Waals surface area contributed by atoms with Gasteiger partial charge in [-0.2, -0.15) is 0 Å². The number of fused-ring (bicyclic) bond motifs is 1. The van der Waals surface area contributed by atoms with Crippen LogP contribution in [0.15, 0.2) is 91.4 Å². The van der Waals surface area contributed by atoms with Crippen LogP contribution in [0.1, 0.15) is 18.6 Å². The van der Waals surface area contributed by atoms with Crippen molar-refractivity contribution < 1.29 is 5.11 Å². The number of hydrogen-bond acceptors (Lipinski definition) is 6. The first-order chi connectivity index (χ1) is 16.1. The molecular weight excluding hydrogens is 410 g/mol. The maximum Gasteiger partial charge on any atom is 0.163 e. The van der Waals surface area contributed by atoms with Crippen molar-refractivity contribution in [2.75, 3.05) is 11.9 Å². The second kappa shape index (κ2) is 8.76. The van der Waals surface area contributed by atoms with Gasteiger partial charge in [0.25, 0.3) is 0 Å². The Morgan fingerprint density at radius 1 is 0.848 bits per heavy atom. The lowest BCUT2D eigenvalue weighted by molar-refractivity contribution is 0.199. The third-order valence-corrected chi connectivity index (χ3v) is 5.60. The maximum atomic E-state index is 10.0. The molecule has 0 bridgehead atoms. The minimum absolute atomic E-state index is 0.542. The van der Waals surface area contributed by atoms with E-state index in [2.05, 4.69) is 28.2 Å². The molecule has 0 saturated carbocycles. The quantitative estimate of drug-likeness (QED) is 0.390. The molecule has 1 atom stereocenters. The Hall–Kier alpha value is -4.16. The van der Waals surface area contributed by atoms with Crippen LogP contribution in [-0.4, -0.2) is 32.1 Å². The number of rotatable bonds is 5. The lowest BCUT2D eigenvalue weighted by Gasteiger charge is -2.21. The van der Waals surface area contributed by atoms with Gasteiger partial charge in [-0.3, -0.25) is 4.98 Å². The summed E-state index contributed by atoms with van der Waals surface area (Å²) in [6, 6.07) is 24.0. The first-order valence-electron chi connectivity index (χ1n) is 10.8. The van der Waals surface area contributed by atoms with Gasteiger partial charge in [0.2, 0.25) is 0 Å². The number of aliphatic hydroxyl groups is 1. The summed E-state index contributed by atoms with van der Waals surface area (Å²) in [5.74, 6) is 2.07. The fourth-order valence-electron chi connectivity index (χ4n) is 3.86. The van der Waals surface area contributed by atoms with Gasteiger partial charge in [0.05, 0.1) is 17.0 Å². The van der Waals surface area contributed by atoms with Crippen molar-refractivity contribution in [1.29, 1.82) is 0 Å². The Morgan fingerprint density at radius 3 is 2.42 bits per heavy atom. The first kappa shape index (κ1) is 20.7. The minimum atomic E-state index is -0.627. The van der Waals surface area contributed by atoms with Gasteiger partial charge >= 0.3 is 0 Å². The lowest BCUT2D eigenvalue weighted by atomic mass is 10.0. The summed E-state index contributed by atoms with van der Waals surface area (Å²) in [4.78, 5) is 20.7. The average Bonchev–Trinajstić information content (AvgIpc) is 2.88. The Bertz CT molecular complexity index is 1400. The predicted molar refractivity (Wildman–Crippen MR) is 131 cm³/mol. The second-order valence-corrected chi connectivity index (χ2v) is 7.87. The fraction of sp³-hybridized carbons (Fsp3) is 0.111. The molecule has 6 nitrogen and oxygen atoms in total. The number of hydrogen-bond donors (Lipinski definition) is 1. The van der Waals surface area contributed by atoms with Crippen molar-refractivity contribution in [2.45, 2.75) is 13.0 Å². The van der Waals surface area contributed by atoms with E-state index in [4.69, 9.17) is 9.97 Å². The van der Waals surface area contributed by atoms with E-state index in [9.17, 15) is 5.11 Å². The molecule has 0 radical (unpaired) electrons. The van der Waals surface area contributed by atoms with E-state index in [1.54, 1.807) is 25.5 Å². The van der Waals surface area contributed by atoms with Crippen LogP contribution in [0.25, 0.3) is 33.4 Å². The van der Waals surface area contributed by atoms with Gasteiger partial charge < -0.3 is 10.0 Å². The van der Waals surface area contributed by atoms with Gasteiger partial charge in [0.15, 0.2) is 5.82 Å². The Labute approximate surface area is 192 Å². The van der Waals surface area contributed by atoms with Gasteiger partial charge in [-0.1, -0.05) is 48.5 Å². The topological polar surface area (TPSA) is 75.0 Å². The number of anilines is 2. The zero-order chi connectivity index (χ0) is 22.8. The molecule has 3 aromatic heterocycles.